The van der Waals surface area contributed by atoms with Crippen molar-refractivity contribution in [2.75, 3.05) is 0 Å². The van der Waals surface area contributed by atoms with Gasteiger partial charge in [0, 0.05) is 6.92 Å². The van der Waals surface area contributed by atoms with Crippen LogP contribution in [0.3, 0.4) is 0 Å². The molecule has 3 nitrogen and oxygen atoms in total. The average Bonchev–Trinajstić information content (AvgIpc) is 2.26. The number of nitriles is 1. The van der Waals surface area contributed by atoms with Crippen LogP contribution in [0.15, 0.2) is 36.9 Å². The first-order valence-electron chi connectivity index (χ1n) is 4.47. The Bertz CT molecular complexity index is 401. The summed E-state index contributed by atoms with van der Waals surface area (Å²) in [7, 11) is 0. The van der Waals surface area contributed by atoms with Crippen LogP contribution in [0.25, 0.3) is 0 Å². The lowest BCUT2D eigenvalue weighted by Crippen LogP contribution is -2.05. The lowest BCUT2D eigenvalue weighted by Gasteiger charge is -2.12. The summed E-state index contributed by atoms with van der Waals surface area (Å²) in [6, 6.07) is 8.86. The summed E-state index contributed by atoms with van der Waals surface area (Å²) in [4.78, 5) is 10.8. The Hall–Kier alpha value is -2.08. The molecule has 1 rings (SSSR count). The van der Waals surface area contributed by atoms with Gasteiger partial charge in [-0.2, -0.15) is 5.26 Å². The van der Waals surface area contributed by atoms with Crippen LogP contribution in [0.4, 0.5) is 0 Å². The fraction of sp³-hybridized carbons (Fsp3) is 0.167. The van der Waals surface area contributed by atoms with Crippen molar-refractivity contribution in [1.82, 2.24) is 0 Å². The first-order chi connectivity index (χ1) is 7.17. The van der Waals surface area contributed by atoms with Crippen molar-refractivity contribution in [3.05, 3.63) is 48.0 Å². The molecule has 0 radical (unpaired) electrons. The first-order valence-corrected chi connectivity index (χ1v) is 4.47. The maximum Gasteiger partial charge on any atom is 0.303 e. The van der Waals surface area contributed by atoms with Gasteiger partial charge in [-0.3, -0.25) is 4.79 Å². The van der Waals surface area contributed by atoms with Gasteiger partial charge in [-0.25, -0.2) is 0 Å². The fourth-order valence-electron chi connectivity index (χ4n) is 1.18. The molecule has 15 heavy (non-hydrogen) atoms. The number of hydrogen-bond donors (Lipinski definition) is 0. The SMILES string of the molecule is C=C[C@@H](OC(C)=O)c1ccc(C#N)cc1. The summed E-state index contributed by atoms with van der Waals surface area (Å²) in [6.07, 6.45) is 1.10. The van der Waals surface area contributed by atoms with Crippen LogP contribution >= 0.6 is 0 Å². The van der Waals surface area contributed by atoms with Gasteiger partial charge in [-0.05, 0) is 23.8 Å². The smallest absolute Gasteiger partial charge is 0.303 e. The number of hydrogen-bond acceptors (Lipinski definition) is 3. The molecule has 0 unspecified atom stereocenters. The summed E-state index contributed by atoms with van der Waals surface area (Å²) in [6.45, 7) is 4.94. The quantitative estimate of drug-likeness (QED) is 0.557. The van der Waals surface area contributed by atoms with E-state index in [9.17, 15) is 4.79 Å². The van der Waals surface area contributed by atoms with Gasteiger partial charge in [0.25, 0.3) is 0 Å². The summed E-state index contributed by atoms with van der Waals surface area (Å²) < 4.78 is 5.02. The number of ether oxygens (including phenoxy) is 1. The Balaban J connectivity index is 2.88. The predicted octanol–water partition coefficient (Wildman–Crippen LogP) is 2.35. The zero-order chi connectivity index (χ0) is 11.3. The van der Waals surface area contributed by atoms with Crippen LogP contribution in [-0.2, 0) is 9.53 Å². The zero-order valence-corrected chi connectivity index (χ0v) is 8.43. The second-order valence-electron chi connectivity index (χ2n) is 3.00. The van der Waals surface area contributed by atoms with E-state index >= 15 is 0 Å². The molecule has 1 atom stereocenters. The Morgan fingerprint density at radius 3 is 2.53 bits per heavy atom. The Labute approximate surface area is 88.6 Å². The number of esters is 1. The normalized spacial score (nSPS) is 11.2. The minimum Gasteiger partial charge on any atom is -0.453 e. The number of benzene rings is 1. The molecular weight excluding hydrogens is 190 g/mol. The predicted molar refractivity (Wildman–Crippen MR) is 55.9 cm³/mol. The second kappa shape index (κ2) is 4.97. The topological polar surface area (TPSA) is 50.1 Å². The Morgan fingerprint density at radius 1 is 1.53 bits per heavy atom. The lowest BCUT2D eigenvalue weighted by atomic mass is 10.1. The molecule has 0 fully saturated rings. The second-order valence-corrected chi connectivity index (χ2v) is 3.00. The van der Waals surface area contributed by atoms with Gasteiger partial charge in [0.2, 0.25) is 0 Å². The third-order valence-corrected chi connectivity index (χ3v) is 1.88. The molecule has 0 amide bonds. The van der Waals surface area contributed by atoms with E-state index < -0.39 is 6.10 Å². The van der Waals surface area contributed by atoms with E-state index in [1.165, 1.54) is 6.92 Å². The van der Waals surface area contributed by atoms with Gasteiger partial charge in [0.05, 0.1) is 11.6 Å². The maximum atomic E-state index is 10.8. The number of rotatable bonds is 3. The molecule has 76 valence electrons. The Kier molecular flexibility index (Phi) is 3.64. The van der Waals surface area contributed by atoms with Crippen molar-refractivity contribution >= 4 is 5.97 Å². The Morgan fingerprint density at radius 2 is 2.13 bits per heavy atom. The first kappa shape index (κ1) is 11.0. The molecule has 0 aliphatic heterocycles. The minimum atomic E-state index is -0.449. The van der Waals surface area contributed by atoms with Gasteiger partial charge < -0.3 is 4.74 Å². The number of nitrogens with zero attached hydrogens (tertiary/aromatic N) is 1. The molecule has 0 aromatic heterocycles. The van der Waals surface area contributed by atoms with E-state index in [-0.39, 0.29) is 5.97 Å². The average molecular weight is 201 g/mol. The molecule has 3 heteroatoms. The fourth-order valence-corrected chi connectivity index (χ4v) is 1.18. The van der Waals surface area contributed by atoms with Crippen LogP contribution in [0.5, 0.6) is 0 Å². The van der Waals surface area contributed by atoms with Crippen molar-refractivity contribution in [2.45, 2.75) is 13.0 Å². The molecule has 1 aromatic carbocycles. The summed E-state index contributed by atoms with van der Waals surface area (Å²) in [5, 5.41) is 8.61. The molecule has 0 aliphatic carbocycles. The zero-order valence-electron chi connectivity index (χ0n) is 8.43. The number of carbonyl (C=O) groups is 1. The van der Waals surface area contributed by atoms with Gasteiger partial charge in [-0.15, -0.1) is 0 Å². The van der Waals surface area contributed by atoms with Crippen LogP contribution in [0, 0.1) is 11.3 Å². The third kappa shape index (κ3) is 2.96. The maximum absolute atomic E-state index is 10.8. The van der Waals surface area contributed by atoms with Gasteiger partial charge in [0.15, 0.2) is 0 Å². The van der Waals surface area contributed by atoms with Gasteiger partial charge >= 0.3 is 5.97 Å². The minimum absolute atomic E-state index is 0.357. The molecule has 0 spiro atoms. The van der Waals surface area contributed by atoms with E-state index in [1.807, 2.05) is 6.07 Å². The van der Waals surface area contributed by atoms with Crippen molar-refractivity contribution in [1.29, 1.82) is 5.26 Å². The molecule has 1 aromatic rings. The third-order valence-electron chi connectivity index (χ3n) is 1.88. The molecule has 0 saturated carbocycles. The molecule has 0 saturated heterocycles. The van der Waals surface area contributed by atoms with Crippen molar-refractivity contribution < 1.29 is 9.53 Å². The molecule has 0 bridgehead atoms. The van der Waals surface area contributed by atoms with E-state index in [1.54, 1.807) is 30.3 Å². The van der Waals surface area contributed by atoms with E-state index in [0.29, 0.717) is 5.56 Å². The van der Waals surface area contributed by atoms with E-state index in [2.05, 4.69) is 6.58 Å². The monoisotopic (exact) mass is 201 g/mol. The van der Waals surface area contributed by atoms with Crippen LogP contribution < -0.4 is 0 Å². The highest BCUT2D eigenvalue weighted by Gasteiger charge is 2.09. The largest absolute Gasteiger partial charge is 0.453 e. The van der Waals surface area contributed by atoms with Gasteiger partial charge in [0.1, 0.15) is 6.10 Å². The number of carbonyl (C=O) groups excluding carboxylic acids is 1. The standard InChI is InChI=1S/C12H11NO2/c1-3-12(15-9(2)14)11-6-4-10(8-13)5-7-11/h3-7,12H,1H2,2H3/t12-/m1/s1. The van der Waals surface area contributed by atoms with Crippen LogP contribution in [0.1, 0.15) is 24.2 Å². The molecular formula is C12H11NO2. The van der Waals surface area contributed by atoms with E-state index in [4.69, 9.17) is 10.00 Å². The van der Waals surface area contributed by atoms with E-state index in [0.717, 1.165) is 5.56 Å². The van der Waals surface area contributed by atoms with Crippen LogP contribution in [0.2, 0.25) is 0 Å². The summed E-state index contributed by atoms with van der Waals surface area (Å²) in [5.74, 6) is -0.357. The van der Waals surface area contributed by atoms with Gasteiger partial charge in [-0.1, -0.05) is 18.7 Å². The highest BCUT2D eigenvalue weighted by Crippen LogP contribution is 2.18. The summed E-state index contributed by atoms with van der Waals surface area (Å²) in [5.41, 5.74) is 1.38. The van der Waals surface area contributed by atoms with Crippen molar-refractivity contribution in [3.63, 3.8) is 0 Å². The van der Waals surface area contributed by atoms with Crippen molar-refractivity contribution in [3.8, 4) is 6.07 Å². The van der Waals surface area contributed by atoms with Crippen LogP contribution in [-0.4, -0.2) is 5.97 Å². The molecule has 0 N–H and O–H groups in total. The van der Waals surface area contributed by atoms with Crippen molar-refractivity contribution in [2.24, 2.45) is 0 Å². The molecule has 0 aliphatic rings. The highest BCUT2D eigenvalue weighted by molar-refractivity contribution is 5.66. The molecule has 0 heterocycles. The highest BCUT2D eigenvalue weighted by atomic mass is 16.5. The summed E-state index contributed by atoms with van der Waals surface area (Å²) >= 11 is 0. The lowest BCUT2D eigenvalue weighted by molar-refractivity contribution is -0.144.